The minimum atomic E-state index is -0.570. The number of hydrogen-bond acceptors (Lipinski definition) is 5. The van der Waals surface area contributed by atoms with Crippen LogP contribution in [0.1, 0.15) is 0 Å². The van der Waals surface area contributed by atoms with Crippen LogP contribution < -0.4 is 16.2 Å². The first kappa shape index (κ1) is 16.1. The summed E-state index contributed by atoms with van der Waals surface area (Å²) in [6, 6.07) is 13.5. The molecule has 1 heterocycles. The van der Waals surface area contributed by atoms with Gasteiger partial charge >= 0.3 is 12.0 Å². The minimum absolute atomic E-state index is 0.0895. The minimum Gasteiger partial charge on any atom is -0.315 e. The van der Waals surface area contributed by atoms with Crippen molar-refractivity contribution in [1.29, 1.82) is 0 Å². The van der Waals surface area contributed by atoms with Gasteiger partial charge in [-0.3, -0.25) is 16.2 Å². The molecule has 0 atom stereocenters. The average molecular weight is 364 g/mol. The first-order valence-corrected chi connectivity index (χ1v) is 7.55. The molecule has 0 aliphatic rings. The van der Waals surface area contributed by atoms with E-state index in [1.54, 1.807) is 30.3 Å². The second kappa shape index (κ2) is 7.20. The highest BCUT2D eigenvalue weighted by atomic mass is 35.5. The number of halogens is 2. The summed E-state index contributed by atoms with van der Waals surface area (Å²) in [5.74, 6) is 0.178. The lowest BCUT2D eigenvalue weighted by Gasteiger charge is -2.07. The molecular weight excluding hydrogens is 353 g/mol. The number of carbonyl (C=O) groups is 1. The van der Waals surface area contributed by atoms with E-state index in [9.17, 15) is 4.79 Å². The number of anilines is 2. The van der Waals surface area contributed by atoms with Crippen molar-refractivity contribution in [3.8, 4) is 11.4 Å². The zero-order chi connectivity index (χ0) is 16.9. The number of amides is 2. The Morgan fingerprint density at radius 2 is 1.71 bits per heavy atom. The van der Waals surface area contributed by atoms with Crippen LogP contribution in [0.3, 0.4) is 0 Å². The molecule has 1 aromatic heterocycles. The number of hydrogen-bond donors (Lipinski definition) is 3. The fraction of sp³-hybridized carbons (Fsp3) is 0. The monoisotopic (exact) mass is 363 g/mol. The van der Waals surface area contributed by atoms with Gasteiger partial charge in [0.05, 0.1) is 21.3 Å². The number of aromatic nitrogens is 2. The molecule has 122 valence electrons. The largest absolute Gasteiger partial charge is 0.341 e. The summed E-state index contributed by atoms with van der Waals surface area (Å²) in [5.41, 5.74) is 6.32. The molecule has 0 unspecified atom stereocenters. The molecule has 3 rings (SSSR count). The first-order valence-electron chi connectivity index (χ1n) is 6.79. The van der Waals surface area contributed by atoms with E-state index in [1.165, 1.54) is 0 Å². The summed E-state index contributed by atoms with van der Waals surface area (Å²) >= 11 is 12.2. The van der Waals surface area contributed by atoms with E-state index in [0.29, 0.717) is 15.6 Å². The number of rotatable bonds is 4. The fourth-order valence-electron chi connectivity index (χ4n) is 1.87. The molecule has 7 nitrogen and oxygen atoms in total. The van der Waals surface area contributed by atoms with Crippen molar-refractivity contribution in [2.75, 3.05) is 10.7 Å². The number of hydrazine groups is 1. The summed E-state index contributed by atoms with van der Waals surface area (Å²) in [7, 11) is 0. The topological polar surface area (TPSA) is 92.1 Å². The van der Waals surface area contributed by atoms with Crippen LogP contribution in [0.5, 0.6) is 0 Å². The zero-order valence-electron chi connectivity index (χ0n) is 12.1. The van der Waals surface area contributed by atoms with E-state index < -0.39 is 6.03 Å². The third kappa shape index (κ3) is 3.76. The van der Waals surface area contributed by atoms with Crippen LogP contribution in [0.2, 0.25) is 10.0 Å². The van der Waals surface area contributed by atoms with Gasteiger partial charge in [0.15, 0.2) is 0 Å². The SMILES string of the molecule is O=C(NNc1ccccc1)Nc1nc(-c2c(Cl)cccc2Cl)no1. The van der Waals surface area contributed by atoms with Gasteiger partial charge in [0.1, 0.15) is 0 Å². The summed E-state index contributed by atoms with van der Waals surface area (Å²) in [6.45, 7) is 0. The molecule has 0 saturated carbocycles. The maximum atomic E-state index is 11.8. The molecule has 0 saturated heterocycles. The third-order valence-corrected chi connectivity index (χ3v) is 3.56. The normalized spacial score (nSPS) is 10.2. The van der Waals surface area contributed by atoms with Crippen LogP contribution in [-0.2, 0) is 0 Å². The van der Waals surface area contributed by atoms with Crippen molar-refractivity contribution in [2.24, 2.45) is 0 Å². The molecule has 0 spiro atoms. The highest BCUT2D eigenvalue weighted by Gasteiger charge is 2.16. The van der Waals surface area contributed by atoms with E-state index in [1.807, 2.05) is 18.2 Å². The van der Waals surface area contributed by atoms with Gasteiger partial charge in [-0.05, 0) is 24.3 Å². The number of nitrogens with one attached hydrogen (secondary N) is 3. The van der Waals surface area contributed by atoms with Crippen LogP contribution in [0, 0.1) is 0 Å². The number of nitrogens with zero attached hydrogens (tertiary/aromatic N) is 2. The maximum absolute atomic E-state index is 11.8. The first-order chi connectivity index (χ1) is 11.6. The molecular formula is C15H11Cl2N5O2. The molecule has 0 aliphatic heterocycles. The lowest BCUT2D eigenvalue weighted by atomic mass is 10.2. The third-order valence-electron chi connectivity index (χ3n) is 2.93. The highest BCUT2D eigenvalue weighted by Crippen LogP contribution is 2.32. The molecule has 2 aromatic carbocycles. The van der Waals surface area contributed by atoms with Gasteiger partial charge in [-0.25, -0.2) is 4.79 Å². The van der Waals surface area contributed by atoms with Gasteiger partial charge in [-0.1, -0.05) is 52.6 Å². The van der Waals surface area contributed by atoms with E-state index >= 15 is 0 Å². The maximum Gasteiger partial charge on any atom is 0.341 e. The number of urea groups is 1. The van der Waals surface area contributed by atoms with Crippen LogP contribution in [-0.4, -0.2) is 16.2 Å². The van der Waals surface area contributed by atoms with Crippen LogP contribution >= 0.6 is 23.2 Å². The summed E-state index contributed by atoms with van der Waals surface area (Å²) < 4.78 is 4.97. The van der Waals surface area contributed by atoms with Crippen molar-refractivity contribution in [1.82, 2.24) is 15.6 Å². The van der Waals surface area contributed by atoms with Gasteiger partial charge in [0, 0.05) is 0 Å². The molecule has 0 aliphatic carbocycles. The van der Waals surface area contributed by atoms with E-state index in [0.717, 1.165) is 5.69 Å². The second-order valence-electron chi connectivity index (χ2n) is 4.59. The summed E-state index contributed by atoms with van der Waals surface area (Å²) in [6.07, 6.45) is 0. The summed E-state index contributed by atoms with van der Waals surface area (Å²) in [4.78, 5) is 15.9. The Morgan fingerprint density at radius 3 is 2.42 bits per heavy atom. The molecule has 0 fully saturated rings. The molecule has 24 heavy (non-hydrogen) atoms. The van der Waals surface area contributed by atoms with Gasteiger partial charge in [0.2, 0.25) is 5.82 Å². The number of para-hydroxylation sites is 1. The standard InChI is InChI=1S/C15H11Cl2N5O2/c16-10-7-4-8-11(17)12(10)13-18-15(24-22-13)19-14(23)21-20-9-5-2-1-3-6-9/h1-8,20H,(H2,18,19,21,22,23). The number of benzene rings is 2. The van der Waals surface area contributed by atoms with E-state index in [4.69, 9.17) is 27.7 Å². The Bertz CT molecular complexity index is 834. The van der Waals surface area contributed by atoms with E-state index in [-0.39, 0.29) is 11.8 Å². The van der Waals surface area contributed by atoms with Crippen LogP contribution in [0.15, 0.2) is 53.1 Å². The average Bonchev–Trinajstić information content (AvgIpc) is 3.02. The quantitative estimate of drug-likeness (QED) is 0.604. The zero-order valence-corrected chi connectivity index (χ0v) is 13.6. The predicted molar refractivity (Wildman–Crippen MR) is 92.0 cm³/mol. The number of carbonyl (C=O) groups excluding carboxylic acids is 1. The molecule has 3 N–H and O–H groups in total. The Labute approximate surface area is 146 Å². The van der Waals surface area contributed by atoms with Crippen molar-refractivity contribution in [3.05, 3.63) is 58.6 Å². The predicted octanol–water partition coefficient (Wildman–Crippen LogP) is 4.19. The van der Waals surface area contributed by atoms with Crippen molar-refractivity contribution in [2.45, 2.75) is 0 Å². The van der Waals surface area contributed by atoms with Crippen molar-refractivity contribution in [3.63, 3.8) is 0 Å². The Hall–Kier alpha value is -2.77. The van der Waals surface area contributed by atoms with Gasteiger partial charge in [0.25, 0.3) is 0 Å². The van der Waals surface area contributed by atoms with E-state index in [2.05, 4.69) is 26.3 Å². The van der Waals surface area contributed by atoms with Gasteiger partial charge in [-0.2, -0.15) is 4.98 Å². The Morgan fingerprint density at radius 1 is 1.00 bits per heavy atom. The second-order valence-corrected chi connectivity index (χ2v) is 5.40. The molecule has 0 bridgehead atoms. The lowest BCUT2D eigenvalue weighted by molar-refractivity contribution is 0.252. The van der Waals surface area contributed by atoms with Gasteiger partial charge < -0.3 is 4.52 Å². The van der Waals surface area contributed by atoms with Crippen LogP contribution in [0.4, 0.5) is 16.5 Å². The van der Waals surface area contributed by atoms with Crippen molar-refractivity contribution >= 4 is 40.9 Å². The molecule has 9 heteroatoms. The van der Waals surface area contributed by atoms with Gasteiger partial charge in [-0.15, -0.1) is 0 Å². The molecule has 0 radical (unpaired) electrons. The highest BCUT2D eigenvalue weighted by molar-refractivity contribution is 6.38. The fourth-order valence-corrected chi connectivity index (χ4v) is 2.43. The molecule has 2 amide bonds. The smallest absolute Gasteiger partial charge is 0.315 e. The lowest BCUT2D eigenvalue weighted by Crippen LogP contribution is -2.33. The van der Waals surface area contributed by atoms with Crippen LogP contribution in [0.25, 0.3) is 11.4 Å². The summed E-state index contributed by atoms with van der Waals surface area (Å²) in [5, 5.41) is 6.92. The Kier molecular flexibility index (Phi) is 4.83. The van der Waals surface area contributed by atoms with Crippen molar-refractivity contribution < 1.29 is 9.32 Å². The molecule has 3 aromatic rings. The Balaban J connectivity index is 1.65.